The molecule has 0 heterocycles. The predicted octanol–water partition coefficient (Wildman–Crippen LogP) is 3.28. The quantitative estimate of drug-likeness (QED) is 0.684. The summed E-state index contributed by atoms with van der Waals surface area (Å²) in [5, 5.41) is 9.52. The minimum Gasteiger partial charge on any atom is -0.491 e. The van der Waals surface area contributed by atoms with Crippen molar-refractivity contribution >= 4 is 11.7 Å². The second kappa shape index (κ2) is 9.08. The first-order chi connectivity index (χ1) is 12.1. The summed E-state index contributed by atoms with van der Waals surface area (Å²) in [7, 11) is 0. The van der Waals surface area contributed by atoms with Gasteiger partial charge in [0.25, 0.3) is 0 Å². The third-order valence-electron chi connectivity index (χ3n) is 4.30. The maximum absolute atomic E-state index is 11.6. The molecule has 2 aromatic rings. The molecule has 0 bridgehead atoms. The van der Waals surface area contributed by atoms with E-state index in [4.69, 9.17) is 10.5 Å². The normalized spacial score (nSPS) is 10.8. The van der Waals surface area contributed by atoms with Gasteiger partial charge in [0, 0.05) is 24.2 Å². The van der Waals surface area contributed by atoms with Crippen LogP contribution in [0.5, 0.6) is 5.75 Å². The molecule has 2 aromatic carbocycles. The fourth-order valence-electron chi connectivity index (χ4n) is 2.78. The fourth-order valence-corrected chi connectivity index (χ4v) is 2.78. The number of nitrogens with two attached hydrogens (primary N) is 1. The number of likely N-dealkylation sites (N-methyl/N-ethyl adjacent to an activating group) is 1. The predicted molar refractivity (Wildman–Crippen MR) is 100 cm³/mol. The molecule has 5 nitrogen and oxygen atoms in total. The standard InChI is InChI=1S/C20H26N2O3/c1-3-22(4-2)12-13-25-19-16(20(23)24)10-11-18(21)17(19)14-15-8-6-5-7-9-15/h5-11H,3-4,12-14,21H2,1-2H3,(H,23,24). The van der Waals surface area contributed by atoms with Gasteiger partial charge in [-0.1, -0.05) is 44.2 Å². The van der Waals surface area contributed by atoms with E-state index in [2.05, 4.69) is 18.7 Å². The van der Waals surface area contributed by atoms with E-state index in [9.17, 15) is 9.90 Å². The second-order valence-electron chi connectivity index (χ2n) is 5.85. The van der Waals surface area contributed by atoms with Crippen LogP contribution in [0.3, 0.4) is 0 Å². The molecule has 0 amide bonds. The van der Waals surface area contributed by atoms with Gasteiger partial charge < -0.3 is 20.5 Å². The minimum absolute atomic E-state index is 0.152. The molecule has 0 spiro atoms. The lowest BCUT2D eigenvalue weighted by Crippen LogP contribution is -2.28. The van der Waals surface area contributed by atoms with Crippen LogP contribution in [-0.4, -0.2) is 42.2 Å². The molecule has 0 atom stereocenters. The van der Waals surface area contributed by atoms with Gasteiger partial charge >= 0.3 is 5.97 Å². The molecule has 5 heteroatoms. The molecule has 0 saturated carbocycles. The first-order valence-electron chi connectivity index (χ1n) is 8.60. The van der Waals surface area contributed by atoms with Gasteiger partial charge in [0.05, 0.1) is 0 Å². The topological polar surface area (TPSA) is 75.8 Å². The number of ether oxygens (including phenoxy) is 1. The van der Waals surface area contributed by atoms with Crippen molar-refractivity contribution in [2.24, 2.45) is 0 Å². The first-order valence-corrected chi connectivity index (χ1v) is 8.60. The summed E-state index contributed by atoms with van der Waals surface area (Å²) >= 11 is 0. The fraction of sp³-hybridized carbons (Fsp3) is 0.350. The smallest absolute Gasteiger partial charge is 0.339 e. The molecule has 0 aliphatic carbocycles. The Morgan fingerprint density at radius 2 is 1.80 bits per heavy atom. The summed E-state index contributed by atoms with van der Waals surface area (Å²) in [5.41, 5.74) is 8.63. The van der Waals surface area contributed by atoms with Crippen LogP contribution in [0, 0.1) is 0 Å². The van der Waals surface area contributed by atoms with Crippen molar-refractivity contribution < 1.29 is 14.6 Å². The van der Waals surface area contributed by atoms with Gasteiger partial charge in [-0.25, -0.2) is 4.79 Å². The van der Waals surface area contributed by atoms with Crippen LogP contribution >= 0.6 is 0 Å². The molecule has 0 unspecified atom stereocenters. The average molecular weight is 342 g/mol. The van der Waals surface area contributed by atoms with E-state index in [1.807, 2.05) is 30.3 Å². The summed E-state index contributed by atoms with van der Waals surface area (Å²) in [6, 6.07) is 13.0. The number of nitrogens with zero attached hydrogens (tertiary/aromatic N) is 1. The molecular weight excluding hydrogens is 316 g/mol. The number of hydrogen-bond donors (Lipinski definition) is 2. The Labute approximate surface area is 149 Å². The van der Waals surface area contributed by atoms with Crippen LogP contribution in [0.4, 0.5) is 5.69 Å². The Hall–Kier alpha value is -2.53. The highest BCUT2D eigenvalue weighted by atomic mass is 16.5. The molecule has 0 fully saturated rings. The number of hydrogen-bond acceptors (Lipinski definition) is 4. The Morgan fingerprint density at radius 3 is 2.40 bits per heavy atom. The number of carboxylic acids is 1. The monoisotopic (exact) mass is 342 g/mol. The summed E-state index contributed by atoms with van der Waals surface area (Å²) < 4.78 is 5.91. The van der Waals surface area contributed by atoms with E-state index in [1.54, 1.807) is 6.07 Å². The molecule has 0 radical (unpaired) electrons. The van der Waals surface area contributed by atoms with Crippen molar-refractivity contribution in [3.63, 3.8) is 0 Å². The van der Waals surface area contributed by atoms with Gasteiger partial charge in [-0.2, -0.15) is 0 Å². The van der Waals surface area contributed by atoms with E-state index < -0.39 is 5.97 Å². The molecule has 3 N–H and O–H groups in total. The van der Waals surface area contributed by atoms with E-state index in [0.29, 0.717) is 24.5 Å². The Bertz CT molecular complexity index is 698. The lowest BCUT2D eigenvalue weighted by atomic mass is 9.99. The lowest BCUT2D eigenvalue weighted by molar-refractivity contribution is 0.0691. The van der Waals surface area contributed by atoms with E-state index in [-0.39, 0.29) is 5.56 Å². The molecule has 2 rings (SSSR count). The van der Waals surface area contributed by atoms with Crippen molar-refractivity contribution in [1.29, 1.82) is 0 Å². The zero-order chi connectivity index (χ0) is 18.2. The molecule has 134 valence electrons. The first kappa shape index (κ1) is 18.8. The maximum atomic E-state index is 11.6. The number of benzene rings is 2. The second-order valence-corrected chi connectivity index (χ2v) is 5.85. The number of anilines is 1. The van der Waals surface area contributed by atoms with Crippen LogP contribution in [0.2, 0.25) is 0 Å². The number of nitrogen functional groups attached to an aromatic ring is 1. The Morgan fingerprint density at radius 1 is 1.12 bits per heavy atom. The van der Waals surface area contributed by atoms with Crippen molar-refractivity contribution in [3.05, 3.63) is 59.2 Å². The lowest BCUT2D eigenvalue weighted by Gasteiger charge is -2.20. The largest absolute Gasteiger partial charge is 0.491 e. The summed E-state index contributed by atoms with van der Waals surface area (Å²) in [6.45, 7) is 7.21. The van der Waals surface area contributed by atoms with Gasteiger partial charge in [-0.05, 0) is 30.8 Å². The zero-order valence-electron chi connectivity index (χ0n) is 14.9. The number of carboxylic acid groups (broad SMARTS) is 1. The van der Waals surface area contributed by atoms with Gasteiger partial charge in [-0.3, -0.25) is 0 Å². The Kier molecular flexibility index (Phi) is 6.83. The summed E-state index contributed by atoms with van der Waals surface area (Å²) in [6.07, 6.45) is 0.536. The van der Waals surface area contributed by atoms with Crippen LogP contribution in [0.15, 0.2) is 42.5 Å². The summed E-state index contributed by atoms with van der Waals surface area (Å²) in [4.78, 5) is 13.8. The van der Waals surface area contributed by atoms with Gasteiger partial charge in [0.1, 0.15) is 17.9 Å². The van der Waals surface area contributed by atoms with Crippen molar-refractivity contribution in [2.75, 3.05) is 32.0 Å². The van der Waals surface area contributed by atoms with E-state index in [1.165, 1.54) is 6.07 Å². The molecular formula is C20H26N2O3. The van der Waals surface area contributed by atoms with E-state index >= 15 is 0 Å². The van der Waals surface area contributed by atoms with Gasteiger partial charge in [-0.15, -0.1) is 0 Å². The van der Waals surface area contributed by atoms with E-state index in [0.717, 1.165) is 30.8 Å². The van der Waals surface area contributed by atoms with Gasteiger partial charge in [0.2, 0.25) is 0 Å². The third-order valence-corrected chi connectivity index (χ3v) is 4.30. The highest BCUT2D eigenvalue weighted by Crippen LogP contribution is 2.31. The molecule has 25 heavy (non-hydrogen) atoms. The van der Waals surface area contributed by atoms with Crippen LogP contribution in [-0.2, 0) is 6.42 Å². The average Bonchev–Trinajstić information content (AvgIpc) is 2.62. The highest BCUT2D eigenvalue weighted by molar-refractivity contribution is 5.92. The van der Waals surface area contributed by atoms with Crippen molar-refractivity contribution in [2.45, 2.75) is 20.3 Å². The van der Waals surface area contributed by atoms with Crippen LogP contribution in [0.25, 0.3) is 0 Å². The van der Waals surface area contributed by atoms with Gasteiger partial charge in [0.15, 0.2) is 0 Å². The number of rotatable bonds is 9. The van der Waals surface area contributed by atoms with Crippen LogP contribution < -0.4 is 10.5 Å². The summed E-state index contributed by atoms with van der Waals surface area (Å²) in [5.74, 6) is -0.629. The molecule has 0 saturated heterocycles. The van der Waals surface area contributed by atoms with Crippen molar-refractivity contribution in [1.82, 2.24) is 4.90 Å². The zero-order valence-corrected chi connectivity index (χ0v) is 14.9. The molecule has 0 aliphatic heterocycles. The molecule has 0 aromatic heterocycles. The number of carbonyl (C=O) groups is 1. The maximum Gasteiger partial charge on any atom is 0.339 e. The SMILES string of the molecule is CCN(CC)CCOc1c(C(=O)O)ccc(N)c1Cc1ccccc1. The molecule has 0 aliphatic rings. The third kappa shape index (κ3) is 4.97. The Balaban J connectivity index is 2.30. The highest BCUT2D eigenvalue weighted by Gasteiger charge is 2.19. The number of aromatic carboxylic acids is 1. The minimum atomic E-state index is -1.01. The van der Waals surface area contributed by atoms with Crippen LogP contribution in [0.1, 0.15) is 35.3 Å². The van der Waals surface area contributed by atoms with Crippen molar-refractivity contribution in [3.8, 4) is 5.75 Å².